The van der Waals surface area contributed by atoms with Gasteiger partial charge in [0.05, 0.1) is 22.0 Å². The zero-order valence-electron chi connectivity index (χ0n) is 12.0. The molecule has 2 aromatic rings. The maximum atomic E-state index is 10.2. The van der Waals surface area contributed by atoms with Crippen LogP contribution in [0.15, 0.2) is 28.7 Å². The number of nitrogens with zero attached hydrogens (tertiary/aromatic N) is 2. The fraction of sp³-hybridized carbons (Fsp3) is 0.400. The van der Waals surface area contributed by atoms with Gasteiger partial charge in [-0.25, -0.2) is 0 Å². The van der Waals surface area contributed by atoms with Crippen LogP contribution in [0.5, 0.6) is 5.75 Å². The number of aliphatic hydroxyl groups is 1. The van der Waals surface area contributed by atoms with E-state index in [0.29, 0.717) is 17.2 Å². The van der Waals surface area contributed by atoms with Crippen LogP contribution < -0.4 is 4.74 Å². The summed E-state index contributed by atoms with van der Waals surface area (Å²) < 4.78 is 8.40. The second kappa shape index (κ2) is 7.29. The first-order chi connectivity index (χ1) is 10.0. The molecule has 1 N–H and O–H groups in total. The molecule has 114 valence electrons. The summed E-state index contributed by atoms with van der Waals surface area (Å²) in [6, 6.07) is 7.14. The molecule has 1 aromatic heterocycles. The number of aromatic nitrogens is 2. The summed E-state index contributed by atoms with van der Waals surface area (Å²) >= 11 is 9.42. The normalized spacial score (nSPS) is 12.4. The third-order valence-electron chi connectivity index (χ3n) is 3.12. The molecule has 0 amide bonds. The van der Waals surface area contributed by atoms with Gasteiger partial charge in [0, 0.05) is 18.0 Å². The Hall–Kier alpha value is -1.04. The number of aliphatic hydroxyl groups excluding tert-OH is 1. The molecule has 0 aliphatic carbocycles. The Morgan fingerprint density at radius 1 is 1.48 bits per heavy atom. The molecule has 1 heterocycles. The molecule has 0 radical (unpaired) electrons. The van der Waals surface area contributed by atoms with Gasteiger partial charge in [0.1, 0.15) is 12.4 Å². The highest BCUT2D eigenvalue weighted by atomic mass is 79.9. The lowest BCUT2D eigenvalue weighted by Gasteiger charge is -2.13. The Morgan fingerprint density at radius 2 is 2.24 bits per heavy atom. The third kappa shape index (κ3) is 4.22. The van der Waals surface area contributed by atoms with Gasteiger partial charge in [-0.15, -0.1) is 0 Å². The number of aryl methyl sites for hydroxylation is 2. The minimum atomic E-state index is -0.610. The van der Waals surface area contributed by atoms with E-state index in [-0.39, 0.29) is 6.61 Å². The van der Waals surface area contributed by atoms with E-state index in [0.717, 1.165) is 22.4 Å². The molecule has 1 atom stereocenters. The van der Waals surface area contributed by atoms with Gasteiger partial charge in [0.25, 0.3) is 0 Å². The minimum absolute atomic E-state index is 0.209. The van der Waals surface area contributed by atoms with Crippen LogP contribution in [-0.2, 0) is 13.0 Å². The molecule has 0 aliphatic heterocycles. The molecule has 1 aromatic carbocycles. The maximum absolute atomic E-state index is 10.2. The first kappa shape index (κ1) is 16.3. The predicted molar refractivity (Wildman–Crippen MR) is 87.0 cm³/mol. The topological polar surface area (TPSA) is 47.3 Å². The van der Waals surface area contributed by atoms with Gasteiger partial charge in [-0.1, -0.05) is 17.7 Å². The molecule has 0 bridgehead atoms. The molecule has 0 spiro atoms. The van der Waals surface area contributed by atoms with Crippen LogP contribution in [0.25, 0.3) is 0 Å². The van der Waals surface area contributed by atoms with E-state index in [1.165, 1.54) is 0 Å². The molecule has 0 fully saturated rings. The van der Waals surface area contributed by atoms with Crippen LogP contribution in [0.4, 0.5) is 0 Å². The van der Waals surface area contributed by atoms with E-state index in [9.17, 15) is 5.11 Å². The molecule has 0 saturated heterocycles. The Kier molecular flexibility index (Phi) is 5.67. The number of halogens is 2. The number of ether oxygens (including phenoxy) is 1. The van der Waals surface area contributed by atoms with Gasteiger partial charge in [-0.3, -0.25) is 4.68 Å². The molecule has 2 rings (SSSR count). The smallest absolute Gasteiger partial charge is 0.120 e. The summed E-state index contributed by atoms with van der Waals surface area (Å²) in [5.74, 6) is 0.654. The van der Waals surface area contributed by atoms with E-state index in [1.807, 2.05) is 30.7 Å². The molecule has 4 nitrogen and oxygen atoms in total. The average Bonchev–Trinajstić information content (AvgIpc) is 2.73. The lowest BCUT2D eigenvalue weighted by Crippen LogP contribution is -2.22. The molecule has 6 heteroatoms. The monoisotopic (exact) mass is 372 g/mol. The van der Waals surface area contributed by atoms with Crippen molar-refractivity contribution in [3.8, 4) is 5.75 Å². The molecule has 1 unspecified atom stereocenters. The Morgan fingerprint density at radius 3 is 2.90 bits per heavy atom. The first-order valence-corrected chi connectivity index (χ1v) is 7.96. The van der Waals surface area contributed by atoms with Crippen molar-refractivity contribution in [2.24, 2.45) is 0 Å². The highest BCUT2D eigenvalue weighted by molar-refractivity contribution is 9.10. The summed E-state index contributed by atoms with van der Waals surface area (Å²) in [4.78, 5) is 0. The molecular formula is C15H18BrClN2O2. The van der Waals surface area contributed by atoms with Crippen molar-refractivity contribution in [1.82, 2.24) is 9.78 Å². The average molecular weight is 374 g/mol. The Bertz CT molecular complexity index is 616. The zero-order chi connectivity index (χ0) is 15.4. The van der Waals surface area contributed by atoms with Gasteiger partial charge in [-0.05, 0) is 48.0 Å². The second-order valence-electron chi connectivity index (χ2n) is 4.79. The van der Waals surface area contributed by atoms with Crippen molar-refractivity contribution >= 4 is 27.5 Å². The number of hydrogen-bond donors (Lipinski definition) is 1. The van der Waals surface area contributed by atoms with Gasteiger partial charge in [-0.2, -0.15) is 5.10 Å². The van der Waals surface area contributed by atoms with Crippen molar-refractivity contribution in [2.75, 3.05) is 6.61 Å². The highest BCUT2D eigenvalue weighted by Crippen LogP contribution is 2.23. The van der Waals surface area contributed by atoms with Gasteiger partial charge in [0.15, 0.2) is 0 Å². The molecule has 21 heavy (non-hydrogen) atoms. The summed E-state index contributed by atoms with van der Waals surface area (Å²) in [6.07, 6.45) is -0.128. The largest absolute Gasteiger partial charge is 0.491 e. The fourth-order valence-corrected chi connectivity index (χ4v) is 2.72. The molecule has 0 aliphatic rings. The van der Waals surface area contributed by atoms with Crippen LogP contribution in [0.2, 0.25) is 5.02 Å². The predicted octanol–water partition coefficient (Wildman–Crippen LogP) is 3.61. The fourth-order valence-electron chi connectivity index (χ4n) is 2.10. The summed E-state index contributed by atoms with van der Waals surface area (Å²) in [6.45, 7) is 4.94. The summed E-state index contributed by atoms with van der Waals surface area (Å²) in [7, 11) is 0. The van der Waals surface area contributed by atoms with Gasteiger partial charge < -0.3 is 9.84 Å². The number of hydrogen-bond acceptors (Lipinski definition) is 3. The highest BCUT2D eigenvalue weighted by Gasteiger charge is 2.16. The van der Waals surface area contributed by atoms with Crippen LogP contribution in [0.1, 0.15) is 18.3 Å². The number of rotatable bonds is 6. The summed E-state index contributed by atoms with van der Waals surface area (Å²) in [5.41, 5.74) is 1.91. The van der Waals surface area contributed by atoms with E-state index in [2.05, 4.69) is 21.0 Å². The van der Waals surface area contributed by atoms with Gasteiger partial charge in [0.2, 0.25) is 0 Å². The zero-order valence-corrected chi connectivity index (χ0v) is 14.4. The second-order valence-corrected chi connectivity index (χ2v) is 6.02. The van der Waals surface area contributed by atoms with Crippen molar-refractivity contribution in [1.29, 1.82) is 0 Å². The van der Waals surface area contributed by atoms with Crippen LogP contribution in [0.3, 0.4) is 0 Å². The van der Waals surface area contributed by atoms with E-state index in [1.54, 1.807) is 12.1 Å². The van der Waals surface area contributed by atoms with E-state index >= 15 is 0 Å². The first-order valence-electron chi connectivity index (χ1n) is 6.79. The molecular weight excluding hydrogens is 356 g/mol. The number of benzene rings is 1. The van der Waals surface area contributed by atoms with Crippen molar-refractivity contribution in [2.45, 2.75) is 32.9 Å². The summed E-state index contributed by atoms with van der Waals surface area (Å²) in [5, 5.41) is 15.2. The molecule has 0 saturated carbocycles. The lowest BCUT2D eigenvalue weighted by atomic mass is 10.2. The van der Waals surface area contributed by atoms with Crippen LogP contribution in [-0.4, -0.2) is 27.6 Å². The Balaban J connectivity index is 1.97. The standard InChI is InChI=1S/C15H18BrClN2O2/c1-3-19-14(15(16)10(2)18-19)8-12(20)9-21-13-6-4-5-11(17)7-13/h4-7,12,20H,3,8-9H2,1-2H3. The van der Waals surface area contributed by atoms with E-state index < -0.39 is 6.10 Å². The third-order valence-corrected chi connectivity index (χ3v) is 4.39. The van der Waals surface area contributed by atoms with Gasteiger partial charge >= 0.3 is 0 Å². The lowest BCUT2D eigenvalue weighted by molar-refractivity contribution is 0.106. The van der Waals surface area contributed by atoms with Crippen LogP contribution in [0, 0.1) is 6.92 Å². The van der Waals surface area contributed by atoms with Crippen LogP contribution >= 0.6 is 27.5 Å². The Labute approximate surface area is 137 Å². The van der Waals surface area contributed by atoms with Crippen molar-refractivity contribution < 1.29 is 9.84 Å². The minimum Gasteiger partial charge on any atom is -0.491 e. The maximum Gasteiger partial charge on any atom is 0.120 e. The quantitative estimate of drug-likeness (QED) is 0.841. The van der Waals surface area contributed by atoms with E-state index in [4.69, 9.17) is 16.3 Å². The van der Waals surface area contributed by atoms with Crippen molar-refractivity contribution in [3.05, 3.63) is 45.1 Å². The van der Waals surface area contributed by atoms with Crippen molar-refractivity contribution in [3.63, 3.8) is 0 Å². The SMILES string of the molecule is CCn1nc(C)c(Br)c1CC(O)COc1cccc(Cl)c1.